The fourth-order valence-corrected chi connectivity index (χ4v) is 3.63. The average molecular weight is 351 g/mol. The third-order valence-corrected chi connectivity index (χ3v) is 4.62. The van der Waals surface area contributed by atoms with E-state index in [1.165, 1.54) is 7.11 Å². The number of hydrogen-bond donors (Lipinski definition) is 0. The van der Waals surface area contributed by atoms with Crippen LogP contribution in [0.4, 0.5) is 0 Å². The zero-order valence-electron chi connectivity index (χ0n) is 12.6. The summed E-state index contributed by atoms with van der Waals surface area (Å²) in [5.74, 6) is 0.313. The van der Waals surface area contributed by atoms with Crippen LogP contribution in [-0.2, 0) is 0 Å². The largest absolute Gasteiger partial charge is 0.494 e. The Morgan fingerprint density at radius 2 is 1.91 bits per heavy atom. The van der Waals surface area contributed by atoms with E-state index in [2.05, 4.69) is 4.98 Å². The lowest BCUT2D eigenvalue weighted by atomic mass is 10.1. The van der Waals surface area contributed by atoms with Crippen LogP contribution < -0.4 is 4.74 Å². The summed E-state index contributed by atoms with van der Waals surface area (Å²) in [5.41, 5.74) is 1.57. The monoisotopic (exact) mass is 350 g/mol. The normalized spacial score (nSPS) is 17.3. The Balaban J connectivity index is 1.91. The number of carbonyl (C=O) groups is 1. The molecule has 3 rings (SSSR count). The van der Waals surface area contributed by atoms with E-state index in [-0.39, 0.29) is 11.9 Å². The smallest absolute Gasteiger partial charge is 0.254 e. The molecule has 120 valence electrons. The van der Waals surface area contributed by atoms with E-state index in [1.807, 2.05) is 17.0 Å². The Hall–Kier alpha value is -1.78. The fourth-order valence-electron chi connectivity index (χ4n) is 2.99. The number of aromatic nitrogens is 1. The molecule has 1 aliphatic rings. The molecule has 1 aliphatic heterocycles. The van der Waals surface area contributed by atoms with Crippen molar-refractivity contribution in [1.82, 2.24) is 9.88 Å². The number of methoxy groups -OCH3 is 1. The van der Waals surface area contributed by atoms with Gasteiger partial charge in [0.15, 0.2) is 5.75 Å². The summed E-state index contributed by atoms with van der Waals surface area (Å²) >= 11 is 12.3. The van der Waals surface area contributed by atoms with E-state index >= 15 is 0 Å². The van der Waals surface area contributed by atoms with Crippen molar-refractivity contribution in [3.63, 3.8) is 0 Å². The highest BCUT2D eigenvalue weighted by Crippen LogP contribution is 2.37. The highest BCUT2D eigenvalue weighted by Gasteiger charge is 2.31. The first-order valence-electron chi connectivity index (χ1n) is 7.35. The van der Waals surface area contributed by atoms with Crippen molar-refractivity contribution in [2.75, 3.05) is 13.7 Å². The van der Waals surface area contributed by atoms with Crippen LogP contribution >= 0.6 is 23.2 Å². The standard InChI is InChI=1S/C17H16Cl2N2O2/c1-23-16-13(18)9-12(10-14(16)19)17(22)21-8-2-3-15(21)11-4-6-20-7-5-11/h4-7,9-10,15H,2-3,8H2,1H3. The highest BCUT2D eigenvalue weighted by atomic mass is 35.5. The van der Waals surface area contributed by atoms with Crippen LogP contribution in [0.25, 0.3) is 0 Å². The lowest BCUT2D eigenvalue weighted by Crippen LogP contribution is -2.30. The van der Waals surface area contributed by atoms with Crippen molar-refractivity contribution < 1.29 is 9.53 Å². The summed E-state index contributed by atoms with van der Waals surface area (Å²) < 4.78 is 5.13. The molecule has 0 bridgehead atoms. The predicted molar refractivity (Wildman–Crippen MR) is 90.3 cm³/mol. The van der Waals surface area contributed by atoms with Gasteiger partial charge in [-0.05, 0) is 42.7 Å². The predicted octanol–water partition coefficient (Wildman–Crippen LogP) is 4.37. The van der Waals surface area contributed by atoms with E-state index in [9.17, 15) is 4.79 Å². The van der Waals surface area contributed by atoms with Crippen molar-refractivity contribution in [3.05, 3.63) is 57.8 Å². The van der Waals surface area contributed by atoms with Gasteiger partial charge in [0.25, 0.3) is 5.91 Å². The number of likely N-dealkylation sites (tertiary alicyclic amines) is 1. The molecule has 1 fully saturated rings. The van der Waals surface area contributed by atoms with Crippen LogP contribution in [0, 0.1) is 0 Å². The molecule has 0 spiro atoms. The summed E-state index contributed by atoms with van der Waals surface area (Å²) in [6.07, 6.45) is 5.40. The van der Waals surface area contributed by atoms with Crippen molar-refractivity contribution in [2.24, 2.45) is 0 Å². The van der Waals surface area contributed by atoms with Gasteiger partial charge < -0.3 is 9.64 Å². The number of hydrogen-bond acceptors (Lipinski definition) is 3. The molecule has 0 saturated carbocycles. The molecule has 1 aromatic carbocycles. The zero-order chi connectivity index (χ0) is 16.4. The number of pyridine rings is 1. The minimum Gasteiger partial charge on any atom is -0.494 e. The van der Waals surface area contributed by atoms with Crippen LogP contribution in [0.3, 0.4) is 0 Å². The van der Waals surface area contributed by atoms with Crippen LogP contribution in [-0.4, -0.2) is 29.4 Å². The maximum absolute atomic E-state index is 12.9. The Kier molecular flexibility index (Phi) is 4.74. The highest BCUT2D eigenvalue weighted by molar-refractivity contribution is 6.37. The first-order chi connectivity index (χ1) is 11.1. The molecular weight excluding hydrogens is 335 g/mol. The first kappa shape index (κ1) is 16.1. The summed E-state index contributed by atoms with van der Waals surface area (Å²) in [6, 6.07) is 7.17. The molecule has 2 heterocycles. The summed E-state index contributed by atoms with van der Waals surface area (Å²) in [6.45, 7) is 0.715. The second-order valence-electron chi connectivity index (χ2n) is 5.41. The number of benzene rings is 1. The Morgan fingerprint density at radius 1 is 1.26 bits per heavy atom. The number of rotatable bonds is 3. The van der Waals surface area contributed by atoms with E-state index in [4.69, 9.17) is 27.9 Å². The van der Waals surface area contributed by atoms with Crippen molar-refractivity contribution >= 4 is 29.1 Å². The van der Waals surface area contributed by atoms with Gasteiger partial charge in [-0.15, -0.1) is 0 Å². The van der Waals surface area contributed by atoms with Gasteiger partial charge in [-0.2, -0.15) is 0 Å². The van der Waals surface area contributed by atoms with Crippen molar-refractivity contribution in [2.45, 2.75) is 18.9 Å². The maximum Gasteiger partial charge on any atom is 0.254 e. The van der Waals surface area contributed by atoms with E-state index in [1.54, 1.807) is 24.5 Å². The lowest BCUT2D eigenvalue weighted by molar-refractivity contribution is 0.0735. The van der Waals surface area contributed by atoms with Gasteiger partial charge in [0.1, 0.15) is 0 Å². The second-order valence-corrected chi connectivity index (χ2v) is 6.22. The van der Waals surface area contributed by atoms with Crippen LogP contribution in [0.1, 0.15) is 34.8 Å². The molecule has 1 atom stereocenters. The van der Waals surface area contributed by atoms with Gasteiger partial charge >= 0.3 is 0 Å². The van der Waals surface area contributed by atoms with E-state index in [0.717, 1.165) is 18.4 Å². The third kappa shape index (κ3) is 3.14. The molecular formula is C17H16Cl2N2O2. The molecule has 1 aromatic heterocycles. The molecule has 0 N–H and O–H groups in total. The van der Waals surface area contributed by atoms with E-state index in [0.29, 0.717) is 27.9 Å². The second kappa shape index (κ2) is 6.77. The van der Waals surface area contributed by atoms with Gasteiger partial charge in [-0.1, -0.05) is 23.2 Å². The van der Waals surface area contributed by atoms with Crippen LogP contribution in [0.15, 0.2) is 36.7 Å². The van der Waals surface area contributed by atoms with Gasteiger partial charge in [0.05, 0.1) is 23.2 Å². The van der Waals surface area contributed by atoms with Crippen LogP contribution in [0.2, 0.25) is 10.0 Å². The first-order valence-corrected chi connectivity index (χ1v) is 8.11. The number of ether oxygens (including phenoxy) is 1. The number of halogens is 2. The van der Waals surface area contributed by atoms with Crippen LogP contribution in [0.5, 0.6) is 5.75 Å². The Morgan fingerprint density at radius 3 is 2.52 bits per heavy atom. The van der Waals surface area contributed by atoms with Crippen molar-refractivity contribution in [1.29, 1.82) is 0 Å². The molecule has 2 aromatic rings. The van der Waals surface area contributed by atoms with E-state index < -0.39 is 0 Å². The third-order valence-electron chi connectivity index (χ3n) is 4.05. The molecule has 23 heavy (non-hydrogen) atoms. The van der Waals surface area contributed by atoms with Gasteiger partial charge in [0.2, 0.25) is 0 Å². The Bertz CT molecular complexity index is 699. The minimum absolute atomic E-state index is 0.0603. The SMILES string of the molecule is COc1c(Cl)cc(C(=O)N2CCCC2c2ccncc2)cc1Cl. The van der Waals surface area contributed by atoms with Gasteiger partial charge in [-0.3, -0.25) is 9.78 Å². The molecule has 6 heteroatoms. The molecule has 1 unspecified atom stereocenters. The average Bonchev–Trinajstić information content (AvgIpc) is 3.04. The molecule has 1 saturated heterocycles. The summed E-state index contributed by atoms with van der Waals surface area (Å²) in [5, 5.41) is 0.672. The maximum atomic E-state index is 12.9. The molecule has 0 aliphatic carbocycles. The molecule has 0 radical (unpaired) electrons. The minimum atomic E-state index is -0.0734. The number of amides is 1. The number of nitrogens with zero attached hydrogens (tertiary/aromatic N) is 2. The molecule has 4 nitrogen and oxygen atoms in total. The fraction of sp³-hybridized carbons (Fsp3) is 0.294. The zero-order valence-corrected chi connectivity index (χ0v) is 14.1. The molecule has 1 amide bonds. The van der Waals surface area contributed by atoms with Gasteiger partial charge in [-0.25, -0.2) is 0 Å². The van der Waals surface area contributed by atoms with Gasteiger partial charge in [0, 0.05) is 24.5 Å². The quantitative estimate of drug-likeness (QED) is 0.824. The number of carbonyl (C=O) groups excluding carboxylic acids is 1. The Labute approximate surface area is 145 Å². The summed E-state index contributed by atoms with van der Waals surface area (Å²) in [4.78, 5) is 18.8. The van der Waals surface area contributed by atoms with Crippen molar-refractivity contribution in [3.8, 4) is 5.75 Å². The lowest BCUT2D eigenvalue weighted by Gasteiger charge is -2.25. The summed E-state index contributed by atoms with van der Waals surface area (Å²) in [7, 11) is 1.49. The topological polar surface area (TPSA) is 42.4 Å².